The molecule has 10 heteroatoms. The highest BCUT2D eigenvalue weighted by molar-refractivity contribution is 7.15. The summed E-state index contributed by atoms with van der Waals surface area (Å²) in [6, 6.07) is 7.00. The third-order valence-corrected chi connectivity index (χ3v) is 6.08. The molecule has 0 aliphatic carbocycles. The van der Waals surface area contributed by atoms with Gasteiger partial charge in [0.15, 0.2) is 11.6 Å². The number of benzene rings is 1. The quantitative estimate of drug-likeness (QED) is 0.511. The average Bonchev–Trinajstić information content (AvgIpc) is 3.33. The lowest BCUT2D eigenvalue weighted by Gasteiger charge is -2.24. The van der Waals surface area contributed by atoms with Crippen LogP contribution in [0.4, 0.5) is 13.2 Å². The number of aromatic nitrogens is 2. The average molecular weight is 455 g/mol. The zero-order valence-electron chi connectivity index (χ0n) is 15.3. The van der Waals surface area contributed by atoms with Crippen LogP contribution in [-0.4, -0.2) is 27.5 Å². The number of nitrogens with zero attached hydrogens (tertiary/aromatic N) is 2. The van der Waals surface area contributed by atoms with Gasteiger partial charge in [-0.15, -0.1) is 24.5 Å². The fraction of sp³-hybridized carbons (Fsp3) is 0.250. The Balaban J connectivity index is 1.49. The van der Waals surface area contributed by atoms with Crippen LogP contribution in [0.3, 0.4) is 0 Å². The molecule has 1 atom stereocenters. The van der Waals surface area contributed by atoms with Gasteiger partial charge in [-0.1, -0.05) is 11.6 Å². The molecule has 1 unspecified atom stereocenters. The van der Waals surface area contributed by atoms with Crippen molar-refractivity contribution in [3.05, 3.63) is 58.4 Å². The molecule has 1 aliphatic heterocycles. The molecule has 2 aromatic heterocycles. The van der Waals surface area contributed by atoms with Crippen LogP contribution in [0, 0.1) is 0 Å². The first-order valence-corrected chi connectivity index (χ1v) is 10.1. The van der Waals surface area contributed by atoms with Gasteiger partial charge in [-0.05, 0) is 42.3 Å². The number of Topliss-reactive ketones (excluding diaryl/α,β-unsaturated/α-hetero) is 2. The van der Waals surface area contributed by atoms with Gasteiger partial charge >= 0.3 is 6.36 Å². The number of thiazole rings is 1. The van der Waals surface area contributed by atoms with Crippen molar-refractivity contribution in [1.82, 2.24) is 9.55 Å². The van der Waals surface area contributed by atoms with Gasteiger partial charge in [0.1, 0.15) is 10.8 Å². The number of rotatable bonds is 5. The van der Waals surface area contributed by atoms with E-state index < -0.39 is 18.2 Å². The van der Waals surface area contributed by atoms with Crippen LogP contribution in [-0.2, 0) is 11.2 Å². The smallest absolute Gasteiger partial charge is 0.404 e. The predicted molar refractivity (Wildman–Crippen MR) is 105 cm³/mol. The van der Waals surface area contributed by atoms with E-state index in [1.807, 2.05) is 0 Å². The lowest BCUT2D eigenvalue weighted by atomic mass is 9.97. The Bertz CT molecular complexity index is 1120. The van der Waals surface area contributed by atoms with E-state index in [1.54, 1.807) is 29.1 Å². The molecular weight excluding hydrogens is 441 g/mol. The molecule has 3 heterocycles. The number of ether oxygens (including phenoxy) is 1. The molecule has 3 aromatic rings. The van der Waals surface area contributed by atoms with Crippen molar-refractivity contribution in [1.29, 1.82) is 0 Å². The minimum atomic E-state index is -4.83. The molecule has 0 spiro atoms. The Labute approximate surface area is 178 Å². The van der Waals surface area contributed by atoms with E-state index in [2.05, 4.69) is 9.72 Å². The van der Waals surface area contributed by atoms with E-state index in [0.717, 1.165) is 6.07 Å². The summed E-state index contributed by atoms with van der Waals surface area (Å²) in [5.74, 6) is -0.509. The van der Waals surface area contributed by atoms with Gasteiger partial charge in [-0.2, -0.15) is 0 Å². The number of halogens is 4. The summed E-state index contributed by atoms with van der Waals surface area (Å²) < 4.78 is 42.7. The topological polar surface area (TPSA) is 61.2 Å². The molecule has 5 nitrogen and oxygen atoms in total. The van der Waals surface area contributed by atoms with Crippen LogP contribution in [0.2, 0.25) is 5.02 Å². The summed E-state index contributed by atoms with van der Waals surface area (Å²) in [7, 11) is 0. The second-order valence-corrected chi connectivity index (χ2v) is 8.26. The number of alkyl halides is 3. The predicted octanol–water partition coefficient (Wildman–Crippen LogP) is 5.49. The van der Waals surface area contributed by atoms with E-state index in [-0.39, 0.29) is 23.0 Å². The van der Waals surface area contributed by atoms with Crippen molar-refractivity contribution in [2.75, 3.05) is 0 Å². The minimum absolute atomic E-state index is 0.0235. The number of fused-ring (bicyclic) bond motifs is 1. The first-order chi connectivity index (χ1) is 14.2. The van der Waals surface area contributed by atoms with Gasteiger partial charge in [0.25, 0.3) is 0 Å². The standard InChI is InChI=1S/C20H14ClF3N2O3S/c21-12-8-11(3-6-17(12)29-20(22,23)24)18-10-25-19(30-18)9-16(28)14-4-5-15(27)13-2-1-7-26(13)14/h1-3,6-8,10,14H,4-5,9H2. The fourth-order valence-corrected chi connectivity index (χ4v) is 4.55. The molecule has 0 saturated carbocycles. The summed E-state index contributed by atoms with van der Waals surface area (Å²) in [6.45, 7) is 0. The maximum absolute atomic E-state index is 12.8. The van der Waals surface area contributed by atoms with Gasteiger partial charge in [-0.25, -0.2) is 4.98 Å². The fourth-order valence-electron chi connectivity index (χ4n) is 3.41. The Morgan fingerprint density at radius 2 is 2.13 bits per heavy atom. The number of hydrogen-bond donors (Lipinski definition) is 0. The maximum atomic E-state index is 12.8. The third kappa shape index (κ3) is 4.27. The molecular formula is C20H14ClF3N2O3S. The van der Waals surface area contributed by atoms with Crippen molar-refractivity contribution in [3.63, 3.8) is 0 Å². The third-order valence-electron chi connectivity index (χ3n) is 4.74. The first-order valence-electron chi connectivity index (χ1n) is 8.94. The number of hydrogen-bond acceptors (Lipinski definition) is 5. The van der Waals surface area contributed by atoms with Crippen molar-refractivity contribution < 1.29 is 27.5 Å². The SMILES string of the molecule is O=C1CCC(C(=O)Cc2ncc(-c3ccc(OC(F)(F)F)c(Cl)c3)s2)n2cccc21. The Hall–Kier alpha value is -2.65. The Kier molecular flexibility index (Phi) is 5.42. The van der Waals surface area contributed by atoms with Crippen molar-refractivity contribution in [3.8, 4) is 16.2 Å². The van der Waals surface area contributed by atoms with E-state index >= 15 is 0 Å². The van der Waals surface area contributed by atoms with Crippen molar-refractivity contribution in [2.24, 2.45) is 0 Å². The number of carbonyl (C=O) groups excluding carboxylic acids is 2. The summed E-state index contributed by atoms with van der Waals surface area (Å²) in [5.41, 5.74) is 1.11. The van der Waals surface area contributed by atoms with Crippen LogP contribution >= 0.6 is 22.9 Å². The first kappa shape index (κ1) is 20.6. The van der Waals surface area contributed by atoms with Crippen molar-refractivity contribution in [2.45, 2.75) is 31.7 Å². The number of carbonyl (C=O) groups is 2. The Morgan fingerprint density at radius 1 is 1.33 bits per heavy atom. The molecule has 1 aromatic carbocycles. The molecule has 30 heavy (non-hydrogen) atoms. The summed E-state index contributed by atoms with van der Waals surface area (Å²) >= 11 is 7.16. The van der Waals surface area contributed by atoms with E-state index in [0.29, 0.717) is 34.0 Å². The second-order valence-electron chi connectivity index (χ2n) is 6.73. The van der Waals surface area contributed by atoms with Gasteiger partial charge < -0.3 is 9.30 Å². The second kappa shape index (κ2) is 7.88. The Morgan fingerprint density at radius 3 is 2.87 bits per heavy atom. The molecule has 0 saturated heterocycles. The van der Waals surface area contributed by atoms with E-state index in [1.165, 1.54) is 23.5 Å². The number of ketones is 2. The van der Waals surface area contributed by atoms with Crippen LogP contribution in [0.25, 0.3) is 10.4 Å². The molecule has 1 aliphatic rings. The zero-order chi connectivity index (χ0) is 21.5. The van der Waals surface area contributed by atoms with Crippen LogP contribution < -0.4 is 4.74 Å². The van der Waals surface area contributed by atoms with Gasteiger partial charge in [0.2, 0.25) is 0 Å². The lowest BCUT2D eigenvalue weighted by molar-refractivity contribution is -0.274. The largest absolute Gasteiger partial charge is 0.573 e. The van der Waals surface area contributed by atoms with Crippen LogP contribution in [0.5, 0.6) is 5.75 Å². The molecule has 0 radical (unpaired) electrons. The molecule has 0 N–H and O–H groups in total. The van der Waals surface area contributed by atoms with Gasteiger partial charge in [-0.3, -0.25) is 9.59 Å². The molecule has 4 rings (SSSR count). The monoisotopic (exact) mass is 454 g/mol. The molecule has 0 amide bonds. The van der Waals surface area contributed by atoms with Gasteiger partial charge in [0.05, 0.1) is 28.1 Å². The van der Waals surface area contributed by atoms with Crippen molar-refractivity contribution >= 4 is 34.5 Å². The highest BCUT2D eigenvalue weighted by Gasteiger charge is 2.32. The summed E-state index contributed by atoms with van der Waals surface area (Å²) in [6.07, 6.45) is -0.664. The summed E-state index contributed by atoms with van der Waals surface area (Å²) in [4.78, 5) is 29.7. The van der Waals surface area contributed by atoms with Crippen LogP contribution in [0.15, 0.2) is 42.7 Å². The molecule has 0 bridgehead atoms. The molecule has 156 valence electrons. The van der Waals surface area contributed by atoms with Gasteiger partial charge in [0, 0.05) is 18.8 Å². The van der Waals surface area contributed by atoms with E-state index in [4.69, 9.17) is 11.6 Å². The molecule has 0 fully saturated rings. The summed E-state index contributed by atoms with van der Waals surface area (Å²) in [5, 5.41) is 0.398. The normalized spacial score (nSPS) is 16.4. The minimum Gasteiger partial charge on any atom is -0.404 e. The van der Waals surface area contributed by atoms with E-state index in [9.17, 15) is 22.8 Å². The highest BCUT2D eigenvalue weighted by Crippen LogP contribution is 2.36. The highest BCUT2D eigenvalue weighted by atomic mass is 35.5. The maximum Gasteiger partial charge on any atom is 0.573 e. The zero-order valence-corrected chi connectivity index (χ0v) is 16.9. The van der Waals surface area contributed by atoms with Crippen LogP contribution in [0.1, 0.15) is 34.4 Å². The lowest BCUT2D eigenvalue weighted by Crippen LogP contribution is -2.28.